The lowest BCUT2D eigenvalue weighted by Crippen LogP contribution is -2.59. The normalized spacial score (nSPS) is 22.6. The number of alkyl halides is 2. The first-order chi connectivity index (χ1) is 25.9. The zero-order chi connectivity index (χ0) is 38.0. The molecule has 4 saturated heterocycles. The lowest BCUT2D eigenvalue weighted by molar-refractivity contribution is -0.129. The zero-order valence-electron chi connectivity index (χ0n) is 30.1. The highest BCUT2D eigenvalue weighted by atomic mass is 35.5. The molecule has 9 rings (SSSR count). The fraction of sp³-hybridized carbons (Fsp3) is 0.538. The molecule has 2 aromatic heterocycles. The number of fused-ring (bicyclic) bond motifs is 3. The second-order valence-corrected chi connectivity index (χ2v) is 17.3. The van der Waals surface area contributed by atoms with Crippen molar-refractivity contribution in [3.63, 3.8) is 0 Å². The van der Waals surface area contributed by atoms with Crippen LogP contribution in [-0.4, -0.2) is 83.5 Å². The summed E-state index contributed by atoms with van der Waals surface area (Å²) < 4.78 is 62.4. The van der Waals surface area contributed by atoms with Gasteiger partial charge in [0, 0.05) is 60.3 Å². The molecule has 1 aliphatic carbocycles. The van der Waals surface area contributed by atoms with Crippen LogP contribution in [0.1, 0.15) is 70.3 Å². The molecule has 286 valence electrons. The summed E-state index contributed by atoms with van der Waals surface area (Å²) in [6.07, 6.45) is 8.92. The van der Waals surface area contributed by atoms with Crippen LogP contribution >= 0.6 is 22.9 Å². The molecule has 4 aromatic rings. The van der Waals surface area contributed by atoms with E-state index in [1.807, 2.05) is 0 Å². The largest absolute Gasteiger partial charge is 0.461 e. The number of hydrogen-bond donors (Lipinski definition) is 1. The van der Waals surface area contributed by atoms with Gasteiger partial charge >= 0.3 is 6.01 Å². The molecule has 5 fully saturated rings. The Balaban J connectivity index is 0.000000533. The van der Waals surface area contributed by atoms with E-state index in [2.05, 4.69) is 20.9 Å². The van der Waals surface area contributed by atoms with Crippen LogP contribution < -0.4 is 15.4 Å². The third-order valence-electron chi connectivity index (χ3n) is 12.4. The molecule has 9 nitrogen and oxygen atoms in total. The van der Waals surface area contributed by atoms with Gasteiger partial charge in [-0.15, -0.1) is 11.3 Å². The first kappa shape index (κ1) is 37.0. The van der Waals surface area contributed by atoms with Crippen molar-refractivity contribution in [1.29, 1.82) is 5.26 Å². The van der Waals surface area contributed by atoms with Gasteiger partial charge in [-0.1, -0.05) is 31.0 Å². The Morgan fingerprint density at radius 3 is 2.46 bits per heavy atom. The Bertz CT molecular complexity index is 2160. The second-order valence-electron chi connectivity index (χ2n) is 15.8. The lowest BCUT2D eigenvalue weighted by atomic mass is 9.76. The first-order valence-corrected chi connectivity index (χ1v) is 19.9. The fourth-order valence-corrected chi connectivity index (χ4v) is 10.5. The number of carbonyl (C=O) groups excluding carboxylic acids is 1. The second kappa shape index (κ2) is 14.0. The number of rotatable bonds is 6. The Kier molecular flexibility index (Phi) is 9.58. The van der Waals surface area contributed by atoms with E-state index in [1.165, 1.54) is 12.1 Å². The van der Waals surface area contributed by atoms with Gasteiger partial charge in [0.2, 0.25) is 6.41 Å². The number of nitrogen functional groups attached to an aromatic ring is 1. The Morgan fingerprint density at radius 2 is 1.81 bits per heavy atom. The predicted molar refractivity (Wildman–Crippen MR) is 202 cm³/mol. The molecule has 54 heavy (non-hydrogen) atoms. The number of anilines is 2. The van der Waals surface area contributed by atoms with E-state index in [1.54, 1.807) is 17.9 Å². The number of nitrogens with two attached hydrogens (primary N) is 1. The Hall–Kier alpha value is -3.93. The van der Waals surface area contributed by atoms with Crippen LogP contribution in [0.25, 0.3) is 32.1 Å². The number of hydrogen-bond acceptors (Lipinski definition) is 9. The topological polar surface area (TPSA) is 112 Å². The summed E-state index contributed by atoms with van der Waals surface area (Å²) in [7, 11) is 0. The minimum absolute atomic E-state index is 0.0124. The average Bonchev–Trinajstić information content (AvgIpc) is 3.77. The van der Waals surface area contributed by atoms with Crippen LogP contribution in [0.15, 0.2) is 18.2 Å². The number of nitriles is 1. The number of aromatic nitrogens is 2. The van der Waals surface area contributed by atoms with Crippen LogP contribution in [0.3, 0.4) is 0 Å². The molecule has 1 unspecified atom stereocenters. The number of amides is 1. The van der Waals surface area contributed by atoms with E-state index in [-0.39, 0.29) is 71.6 Å². The maximum absolute atomic E-state index is 17.1. The molecule has 0 radical (unpaired) electrons. The summed E-state index contributed by atoms with van der Waals surface area (Å²) >= 11 is 7.86. The molecule has 1 spiro atoms. The van der Waals surface area contributed by atoms with Crippen molar-refractivity contribution in [2.24, 2.45) is 11.3 Å². The highest BCUT2D eigenvalue weighted by Gasteiger charge is 2.47. The van der Waals surface area contributed by atoms with Crippen molar-refractivity contribution in [2.75, 3.05) is 56.5 Å². The minimum atomic E-state index is -2.32. The minimum Gasteiger partial charge on any atom is -0.461 e. The highest BCUT2D eigenvalue weighted by Crippen LogP contribution is 2.47. The molecule has 2 aromatic carbocycles. The summed E-state index contributed by atoms with van der Waals surface area (Å²) in [5.74, 6) is -3.39. The van der Waals surface area contributed by atoms with Crippen LogP contribution in [0.4, 0.5) is 28.4 Å². The standard InChI is InChI=1S/C34H34ClF2N7O2S.C5H8F2/c35-23-13-21-28(27(37)26(23)20-5-6-24(36)29-25(20)22(14-38)30(39)47-29)40-32(46-18-34-8-3-11-44(34)12-4-9-34)41-31(21)43-10-2-1-7-33(17-43)15-42(16-33)19-45;1-4-2-3-5(4,6)7/h5-6,13,19H,1-4,7-12,15-18,39H2;4H,2-3H2,1H3. The number of carbonyl (C=O) groups is 1. The van der Waals surface area contributed by atoms with E-state index in [0.29, 0.717) is 50.4 Å². The fourth-order valence-electron chi connectivity index (χ4n) is 9.23. The van der Waals surface area contributed by atoms with Gasteiger partial charge in [0.25, 0.3) is 5.92 Å². The van der Waals surface area contributed by atoms with Crippen LogP contribution in [0.2, 0.25) is 5.02 Å². The lowest BCUT2D eigenvalue weighted by Gasteiger charge is -2.50. The molecule has 1 saturated carbocycles. The monoisotopic (exact) mass is 783 g/mol. The number of nitrogens with zero attached hydrogens (tertiary/aromatic N) is 6. The van der Waals surface area contributed by atoms with Gasteiger partial charge in [-0.05, 0) is 75.7 Å². The molecule has 5 aliphatic rings. The molecule has 15 heteroatoms. The van der Waals surface area contributed by atoms with Gasteiger partial charge in [-0.25, -0.2) is 17.6 Å². The summed E-state index contributed by atoms with van der Waals surface area (Å²) in [4.78, 5) is 27.5. The van der Waals surface area contributed by atoms with Gasteiger partial charge in [-0.3, -0.25) is 9.69 Å². The molecule has 1 amide bonds. The van der Waals surface area contributed by atoms with Crippen LogP contribution in [0.5, 0.6) is 6.01 Å². The van der Waals surface area contributed by atoms with Gasteiger partial charge in [-0.2, -0.15) is 15.2 Å². The van der Waals surface area contributed by atoms with Gasteiger partial charge in [0.1, 0.15) is 34.8 Å². The zero-order valence-corrected chi connectivity index (χ0v) is 31.6. The first-order valence-electron chi connectivity index (χ1n) is 18.7. The molecule has 0 bridgehead atoms. The molecule has 2 N–H and O–H groups in total. The predicted octanol–water partition coefficient (Wildman–Crippen LogP) is 8.40. The summed E-state index contributed by atoms with van der Waals surface area (Å²) in [5, 5.41) is 10.8. The van der Waals surface area contributed by atoms with E-state index in [0.717, 1.165) is 75.8 Å². The molecular weight excluding hydrogens is 742 g/mol. The van der Waals surface area contributed by atoms with Crippen molar-refractivity contribution in [3.8, 4) is 23.2 Å². The molecule has 4 aliphatic heterocycles. The van der Waals surface area contributed by atoms with Gasteiger partial charge in [0.15, 0.2) is 5.82 Å². The highest BCUT2D eigenvalue weighted by molar-refractivity contribution is 7.23. The maximum Gasteiger partial charge on any atom is 0.319 e. The summed E-state index contributed by atoms with van der Waals surface area (Å²) in [6, 6.07) is 6.48. The maximum atomic E-state index is 17.1. The Labute approximate surface area is 320 Å². The van der Waals surface area contributed by atoms with Gasteiger partial charge < -0.3 is 20.3 Å². The van der Waals surface area contributed by atoms with E-state index in [9.17, 15) is 23.2 Å². The van der Waals surface area contributed by atoms with Crippen molar-refractivity contribution >= 4 is 61.2 Å². The van der Waals surface area contributed by atoms with Crippen molar-refractivity contribution in [1.82, 2.24) is 19.8 Å². The quantitative estimate of drug-likeness (QED) is 0.153. The Morgan fingerprint density at radius 1 is 1.07 bits per heavy atom. The molecule has 1 atom stereocenters. The van der Waals surface area contributed by atoms with Gasteiger partial charge in [0.05, 0.1) is 20.8 Å². The van der Waals surface area contributed by atoms with Crippen molar-refractivity contribution in [3.05, 3.63) is 40.4 Å². The number of likely N-dealkylation sites (tertiary alicyclic amines) is 1. The van der Waals surface area contributed by atoms with Crippen molar-refractivity contribution < 1.29 is 27.1 Å². The third kappa shape index (κ3) is 6.30. The van der Waals surface area contributed by atoms with Crippen molar-refractivity contribution in [2.45, 2.75) is 76.2 Å². The number of benzene rings is 2. The van der Waals surface area contributed by atoms with Crippen LogP contribution in [0, 0.1) is 34.3 Å². The van der Waals surface area contributed by atoms with E-state index in [4.69, 9.17) is 27.1 Å². The average molecular weight is 784 g/mol. The summed E-state index contributed by atoms with van der Waals surface area (Å²) in [6.45, 7) is 6.78. The molecule has 6 heterocycles. The SMILES string of the molecule is CC1CCC1(F)F.N#Cc1c(N)sc2c(F)ccc(-c3c(Cl)cc4c(N5CCCCC6(CN(C=O)C6)C5)nc(OCC56CCCN5CCC6)nc4c3F)c12. The molecular formula is C39H42ClF4N7O2S. The van der Waals surface area contributed by atoms with E-state index >= 15 is 4.39 Å². The smallest absolute Gasteiger partial charge is 0.319 e. The third-order valence-corrected chi connectivity index (χ3v) is 13.7. The summed E-state index contributed by atoms with van der Waals surface area (Å²) in [5.41, 5.74) is 6.36. The van der Waals surface area contributed by atoms with Crippen LogP contribution in [-0.2, 0) is 4.79 Å². The number of halogens is 5. The number of ether oxygens (including phenoxy) is 1. The number of thiophene rings is 1. The van der Waals surface area contributed by atoms with E-state index < -0.39 is 17.6 Å².